The number of aliphatic hydroxyl groups excluding tert-OH is 2. The topological polar surface area (TPSA) is 185 Å². The second-order valence-electron chi connectivity index (χ2n) is 12.6. The molecule has 4 unspecified atom stereocenters. The third-order valence-corrected chi connectivity index (χ3v) is 8.23. The number of rotatable bonds is 7. The van der Waals surface area contributed by atoms with Crippen LogP contribution in [0.1, 0.15) is 54.2 Å². The van der Waals surface area contributed by atoms with E-state index in [0.29, 0.717) is 24.2 Å². The van der Waals surface area contributed by atoms with Gasteiger partial charge in [0.25, 0.3) is 5.91 Å². The molecule has 0 heterocycles. The molecule has 0 bridgehead atoms. The number of amides is 1. The van der Waals surface area contributed by atoms with Crippen molar-refractivity contribution in [3.63, 3.8) is 0 Å². The Balaban J connectivity index is 1.90. The maximum absolute atomic E-state index is 14.0. The molecule has 3 aliphatic carbocycles. The Morgan fingerprint density at radius 1 is 1.15 bits per heavy atom. The number of hydrogen-bond donors (Lipinski definition) is 7. The fraction of sp³-hybridized carbons (Fsp3) is 0.552. The van der Waals surface area contributed by atoms with Crippen molar-refractivity contribution in [3.05, 3.63) is 51.0 Å². The molecule has 11 heteroatoms. The first-order chi connectivity index (χ1) is 18.6. The van der Waals surface area contributed by atoms with E-state index in [-0.39, 0.29) is 41.7 Å². The first-order valence-corrected chi connectivity index (χ1v) is 13.4. The molecular weight excluding hydrogens is 516 g/mol. The number of fused-ring (bicyclic) bond motifs is 3. The van der Waals surface area contributed by atoms with Crippen molar-refractivity contribution < 1.29 is 34.8 Å². The summed E-state index contributed by atoms with van der Waals surface area (Å²) >= 11 is 0. The van der Waals surface area contributed by atoms with Gasteiger partial charge in [0.2, 0.25) is 5.78 Å². The lowest BCUT2D eigenvalue weighted by molar-refractivity contribution is -0.148. The number of likely N-dealkylation sites (N-methyl/N-ethyl adjacent to an activating group) is 1. The molecule has 4 atom stereocenters. The number of allylic oxidation sites excluding steroid dienone is 1. The fourth-order valence-corrected chi connectivity index (χ4v) is 6.51. The number of phenols is 1. The number of benzene rings is 1. The molecule has 40 heavy (non-hydrogen) atoms. The van der Waals surface area contributed by atoms with Crippen molar-refractivity contribution in [2.45, 2.75) is 58.3 Å². The largest absolute Gasteiger partial charge is 0.510 e. The number of carbonyl (C=O) groups is 3. The van der Waals surface area contributed by atoms with Crippen LogP contribution in [-0.4, -0.2) is 82.1 Å². The monoisotopic (exact) mass is 556 g/mol. The summed E-state index contributed by atoms with van der Waals surface area (Å²) in [5.74, 6) is -6.52. The minimum absolute atomic E-state index is 0.0180. The molecule has 0 saturated carbocycles. The Morgan fingerprint density at radius 3 is 2.35 bits per heavy atom. The van der Waals surface area contributed by atoms with Crippen LogP contribution in [0.5, 0.6) is 5.75 Å². The van der Waals surface area contributed by atoms with Crippen LogP contribution in [0.25, 0.3) is 0 Å². The van der Waals surface area contributed by atoms with E-state index in [1.165, 1.54) is 4.90 Å². The lowest BCUT2D eigenvalue weighted by Gasteiger charge is -2.50. The molecule has 4 rings (SSSR count). The van der Waals surface area contributed by atoms with Crippen LogP contribution in [0, 0.1) is 17.3 Å². The highest BCUT2D eigenvalue weighted by molar-refractivity contribution is 6.24. The summed E-state index contributed by atoms with van der Waals surface area (Å²) in [7, 11) is 4.93. The van der Waals surface area contributed by atoms with Gasteiger partial charge in [0.15, 0.2) is 11.4 Å². The van der Waals surface area contributed by atoms with Crippen LogP contribution in [0.4, 0.5) is 0 Å². The predicted octanol–water partition coefficient (Wildman–Crippen LogP) is 0.976. The summed E-state index contributed by atoms with van der Waals surface area (Å²) in [6.45, 7) is 7.75. The van der Waals surface area contributed by atoms with Crippen molar-refractivity contribution in [1.29, 1.82) is 0 Å². The Bertz CT molecular complexity index is 1340. The number of Topliss-reactive ketones (excluding diaryl/α,β-unsaturated/α-hetero) is 2. The first kappa shape index (κ1) is 29.7. The summed E-state index contributed by atoms with van der Waals surface area (Å²) in [6.07, 6.45) is 0.314. The van der Waals surface area contributed by atoms with Crippen LogP contribution in [-0.2, 0) is 29.1 Å². The number of hydrogen-bond acceptors (Lipinski definition) is 10. The average Bonchev–Trinajstić information content (AvgIpc) is 2.83. The SMILES string of the molecule is CNCc1cc(CNCC(C)(C)C)c2c(c1O)C(=O)C1=C(O)C3(O)C(=O)C(C(N)=O)=C(O)C(N(C)C)C3CC1C2. The van der Waals surface area contributed by atoms with Crippen LogP contribution in [0.15, 0.2) is 28.7 Å². The number of nitrogens with two attached hydrogens (primary N) is 1. The number of aliphatic hydroxyl groups is 3. The summed E-state index contributed by atoms with van der Waals surface area (Å²) in [4.78, 5) is 41.2. The maximum Gasteiger partial charge on any atom is 0.255 e. The molecule has 218 valence electrons. The molecule has 0 spiro atoms. The fourth-order valence-electron chi connectivity index (χ4n) is 6.51. The van der Waals surface area contributed by atoms with Gasteiger partial charge in [-0.25, -0.2) is 0 Å². The van der Waals surface area contributed by atoms with Crippen LogP contribution < -0.4 is 16.4 Å². The van der Waals surface area contributed by atoms with E-state index in [9.17, 15) is 34.8 Å². The molecule has 0 saturated heterocycles. The van der Waals surface area contributed by atoms with Crippen LogP contribution >= 0.6 is 0 Å². The number of nitrogens with zero attached hydrogens (tertiary/aromatic N) is 1. The molecule has 1 aromatic rings. The zero-order valence-electron chi connectivity index (χ0n) is 23.9. The maximum atomic E-state index is 14.0. The van der Waals surface area contributed by atoms with Gasteiger partial charge in [0.05, 0.1) is 11.6 Å². The third kappa shape index (κ3) is 4.60. The van der Waals surface area contributed by atoms with Gasteiger partial charge in [-0.3, -0.25) is 19.3 Å². The Morgan fingerprint density at radius 2 is 1.80 bits per heavy atom. The van der Waals surface area contributed by atoms with Gasteiger partial charge in [0.1, 0.15) is 22.8 Å². The van der Waals surface area contributed by atoms with Gasteiger partial charge in [-0.05, 0) is 62.5 Å². The second-order valence-corrected chi connectivity index (χ2v) is 12.6. The summed E-state index contributed by atoms with van der Waals surface area (Å²) in [5, 5.41) is 51.8. The van der Waals surface area contributed by atoms with Crippen molar-refractivity contribution >= 4 is 17.5 Å². The van der Waals surface area contributed by atoms with Crippen molar-refractivity contribution in [1.82, 2.24) is 15.5 Å². The molecule has 8 N–H and O–H groups in total. The van der Waals surface area contributed by atoms with Gasteiger partial charge >= 0.3 is 0 Å². The molecule has 11 nitrogen and oxygen atoms in total. The molecule has 0 aliphatic heterocycles. The number of nitrogens with one attached hydrogen (secondary N) is 2. The van der Waals surface area contributed by atoms with Gasteiger partial charge < -0.3 is 36.8 Å². The summed E-state index contributed by atoms with van der Waals surface area (Å²) in [6, 6.07) is 0.839. The molecule has 3 aliphatic rings. The number of carbonyl (C=O) groups excluding carboxylic acids is 3. The van der Waals surface area contributed by atoms with Gasteiger partial charge in [0, 0.05) is 36.7 Å². The molecule has 1 amide bonds. The summed E-state index contributed by atoms with van der Waals surface area (Å²) in [5.41, 5.74) is 3.77. The minimum atomic E-state index is -2.65. The lowest BCUT2D eigenvalue weighted by Crippen LogP contribution is -2.63. The standard InChI is InChI=1S/C29H40N4O7/c1-28(2,3)12-32-11-14-7-15(10-31-4)22(34)19-16(14)8-13-9-17-21(33(5)6)24(36)20(27(30)39)26(38)29(17,40)25(37)18(13)23(19)35/h7,13,17,21,31-32,34,36-37,40H,8-12H2,1-6H3,(H2,30,39). The Kier molecular flexibility index (Phi) is 7.65. The molecular formula is C29H40N4O7. The van der Waals surface area contributed by atoms with E-state index in [1.54, 1.807) is 21.1 Å². The third-order valence-electron chi connectivity index (χ3n) is 8.23. The highest BCUT2D eigenvalue weighted by Gasteiger charge is 2.63. The van der Waals surface area contributed by atoms with Crippen molar-refractivity contribution in [2.75, 3.05) is 27.7 Å². The van der Waals surface area contributed by atoms with E-state index in [4.69, 9.17) is 5.73 Å². The lowest BCUT2D eigenvalue weighted by atomic mass is 9.58. The average molecular weight is 557 g/mol. The van der Waals surface area contributed by atoms with Gasteiger partial charge in [-0.2, -0.15) is 0 Å². The van der Waals surface area contributed by atoms with E-state index in [1.807, 2.05) is 6.07 Å². The first-order valence-electron chi connectivity index (χ1n) is 13.4. The van der Waals surface area contributed by atoms with E-state index >= 15 is 0 Å². The predicted molar refractivity (Wildman–Crippen MR) is 148 cm³/mol. The van der Waals surface area contributed by atoms with Gasteiger partial charge in [-0.15, -0.1) is 0 Å². The van der Waals surface area contributed by atoms with Crippen molar-refractivity contribution in [2.24, 2.45) is 23.0 Å². The highest BCUT2D eigenvalue weighted by atomic mass is 16.3. The number of phenolic OH excluding ortho intramolecular Hbond substituents is 1. The zero-order valence-corrected chi connectivity index (χ0v) is 23.9. The van der Waals surface area contributed by atoms with E-state index < -0.39 is 58.0 Å². The summed E-state index contributed by atoms with van der Waals surface area (Å²) < 4.78 is 0. The molecule has 0 radical (unpaired) electrons. The Hall–Kier alpha value is -3.25. The van der Waals surface area contributed by atoms with Crippen LogP contribution in [0.2, 0.25) is 0 Å². The zero-order chi connectivity index (χ0) is 29.9. The van der Waals surface area contributed by atoms with E-state index in [2.05, 4.69) is 31.4 Å². The normalized spacial score (nSPS) is 26.6. The van der Waals surface area contributed by atoms with Crippen LogP contribution in [0.3, 0.4) is 0 Å². The number of primary amides is 1. The molecule has 0 aromatic heterocycles. The number of ketones is 2. The van der Waals surface area contributed by atoms with E-state index in [0.717, 1.165) is 5.56 Å². The number of aromatic hydroxyl groups is 1. The smallest absolute Gasteiger partial charge is 0.255 e. The quantitative estimate of drug-likeness (QED) is 0.239. The molecule has 1 aromatic carbocycles. The second kappa shape index (κ2) is 10.3. The van der Waals surface area contributed by atoms with Crippen molar-refractivity contribution in [3.8, 4) is 5.75 Å². The Labute approximate surface area is 233 Å². The highest BCUT2D eigenvalue weighted by Crippen LogP contribution is 2.52. The molecule has 0 fully saturated rings. The minimum Gasteiger partial charge on any atom is -0.510 e. The van der Waals surface area contributed by atoms with Gasteiger partial charge in [-0.1, -0.05) is 20.8 Å².